The first-order valence-corrected chi connectivity index (χ1v) is 6.98. The quantitative estimate of drug-likeness (QED) is 0.738. The fraction of sp³-hybridized carbons (Fsp3) is 0.643. The van der Waals surface area contributed by atoms with Crippen molar-refractivity contribution in [2.45, 2.75) is 44.8 Å². The molecule has 106 valence electrons. The molecule has 1 fully saturated rings. The molecule has 3 N–H and O–H groups in total. The molecule has 0 radical (unpaired) electrons. The molecule has 1 saturated carbocycles. The lowest BCUT2D eigenvalue weighted by molar-refractivity contribution is -0.126. The van der Waals surface area contributed by atoms with Gasteiger partial charge in [-0.05, 0) is 44.9 Å². The summed E-state index contributed by atoms with van der Waals surface area (Å²) in [4.78, 5) is 14.4. The normalized spacial score (nSPS) is 16.6. The Morgan fingerprint density at radius 1 is 1.63 bits per heavy atom. The molecule has 1 unspecified atom stereocenters. The van der Waals surface area contributed by atoms with Crippen molar-refractivity contribution in [2.75, 3.05) is 13.1 Å². The molecule has 0 spiro atoms. The van der Waals surface area contributed by atoms with Crippen molar-refractivity contribution in [3.05, 3.63) is 24.2 Å². The fourth-order valence-corrected chi connectivity index (χ4v) is 2.26. The molecule has 2 rings (SSSR count). The van der Waals surface area contributed by atoms with Gasteiger partial charge < -0.3 is 15.5 Å². The van der Waals surface area contributed by atoms with E-state index < -0.39 is 0 Å². The number of furan rings is 1. The second-order valence-corrected chi connectivity index (χ2v) is 5.08. The van der Waals surface area contributed by atoms with Crippen molar-refractivity contribution >= 4 is 5.91 Å². The highest BCUT2D eigenvalue weighted by Crippen LogP contribution is 2.28. The number of hydrogen-bond acceptors (Lipinski definition) is 4. The van der Waals surface area contributed by atoms with Gasteiger partial charge in [0.05, 0.1) is 18.8 Å². The topological polar surface area (TPSA) is 71.5 Å². The largest absolute Gasteiger partial charge is 0.467 e. The van der Waals surface area contributed by atoms with Crippen molar-refractivity contribution < 1.29 is 9.21 Å². The summed E-state index contributed by atoms with van der Waals surface area (Å²) in [6.07, 6.45) is 4.94. The summed E-state index contributed by atoms with van der Waals surface area (Å²) in [5, 5.41) is 2.92. The average molecular weight is 265 g/mol. The van der Waals surface area contributed by atoms with E-state index in [-0.39, 0.29) is 11.9 Å². The Bertz CT molecular complexity index is 387. The van der Waals surface area contributed by atoms with E-state index in [4.69, 9.17) is 10.2 Å². The van der Waals surface area contributed by atoms with Gasteiger partial charge in [-0.25, -0.2) is 0 Å². The van der Waals surface area contributed by atoms with Gasteiger partial charge in [0.2, 0.25) is 5.91 Å². The number of nitrogens with two attached hydrogens (primary N) is 1. The van der Waals surface area contributed by atoms with Crippen molar-refractivity contribution in [1.82, 2.24) is 10.2 Å². The van der Waals surface area contributed by atoms with E-state index in [1.54, 1.807) is 6.26 Å². The number of carbonyl (C=O) groups is 1. The van der Waals surface area contributed by atoms with Crippen LogP contribution >= 0.6 is 0 Å². The molecule has 1 aromatic heterocycles. The van der Waals surface area contributed by atoms with Crippen LogP contribution in [0.4, 0.5) is 0 Å². The van der Waals surface area contributed by atoms with Gasteiger partial charge in [0.25, 0.3) is 0 Å². The van der Waals surface area contributed by atoms with Crippen LogP contribution < -0.4 is 11.1 Å². The van der Waals surface area contributed by atoms with Crippen LogP contribution in [0.5, 0.6) is 0 Å². The Kier molecular flexibility index (Phi) is 4.99. The van der Waals surface area contributed by atoms with Crippen LogP contribution in [0.3, 0.4) is 0 Å². The number of carbonyl (C=O) groups excluding carboxylic acids is 1. The summed E-state index contributed by atoms with van der Waals surface area (Å²) in [6, 6.07) is 4.14. The molecule has 5 nitrogen and oxygen atoms in total. The maximum Gasteiger partial charge on any atom is 0.237 e. The lowest BCUT2D eigenvalue weighted by Gasteiger charge is -2.28. The second-order valence-electron chi connectivity index (χ2n) is 5.08. The molecule has 1 atom stereocenters. The van der Waals surface area contributed by atoms with Crippen molar-refractivity contribution in [1.29, 1.82) is 0 Å². The van der Waals surface area contributed by atoms with Gasteiger partial charge in [0.1, 0.15) is 5.76 Å². The molecule has 1 aliphatic carbocycles. The van der Waals surface area contributed by atoms with E-state index in [0.717, 1.165) is 18.7 Å². The smallest absolute Gasteiger partial charge is 0.237 e. The number of amides is 1. The minimum absolute atomic E-state index is 0.0559. The molecule has 1 aromatic rings. The van der Waals surface area contributed by atoms with Crippen LogP contribution in [-0.2, 0) is 11.3 Å². The number of rotatable bonds is 8. The molecule has 0 aliphatic heterocycles. The summed E-state index contributed by atoms with van der Waals surface area (Å²) >= 11 is 0. The van der Waals surface area contributed by atoms with Gasteiger partial charge >= 0.3 is 0 Å². The van der Waals surface area contributed by atoms with E-state index in [1.165, 1.54) is 12.8 Å². The van der Waals surface area contributed by atoms with E-state index in [0.29, 0.717) is 19.1 Å². The number of nitrogens with one attached hydrogen (secondary N) is 1. The summed E-state index contributed by atoms with van der Waals surface area (Å²) in [6.45, 7) is 3.98. The first-order chi connectivity index (χ1) is 9.22. The average Bonchev–Trinajstić information content (AvgIpc) is 3.12. The minimum atomic E-state index is -0.103. The third kappa shape index (κ3) is 4.08. The van der Waals surface area contributed by atoms with Crippen molar-refractivity contribution in [3.8, 4) is 0 Å². The molecule has 5 heteroatoms. The molecular weight excluding hydrogens is 242 g/mol. The van der Waals surface area contributed by atoms with Crippen LogP contribution in [0.15, 0.2) is 22.8 Å². The standard InChI is InChI=1S/C14H23N3O2/c1-11(17(8-3-7-15)12-5-6-12)14(18)16-10-13-4-2-9-19-13/h2,4,9,11-12H,3,5-8,10,15H2,1H3,(H,16,18). The van der Waals surface area contributed by atoms with E-state index >= 15 is 0 Å². The molecular formula is C14H23N3O2. The molecule has 0 saturated heterocycles. The predicted octanol–water partition coefficient (Wildman–Crippen LogP) is 1.10. The van der Waals surface area contributed by atoms with E-state index in [9.17, 15) is 4.79 Å². The molecule has 1 heterocycles. The van der Waals surface area contributed by atoms with Gasteiger partial charge in [0, 0.05) is 12.6 Å². The summed E-state index contributed by atoms with van der Waals surface area (Å²) < 4.78 is 5.20. The van der Waals surface area contributed by atoms with Gasteiger partial charge in [-0.1, -0.05) is 0 Å². The predicted molar refractivity (Wildman–Crippen MR) is 73.4 cm³/mol. The zero-order valence-corrected chi connectivity index (χ0v) is 11.5. The van der Waals surface area contributed by atoms with Crippen LogP contribution in [0.1, 0.15) is 31.9 Å². The Hall–Kier alpha value is -1.33. The molecule has 0 aromatic carbocycles. The maximum absolute atomic E-state index is 12.1. The highest BCUT2D eigenvalue weighted by atomic mass is 16.3. The fourth-order valence-electron chi connectivity index (χ4n) is 2.26. The molecule has 1 amide bonds. The highest BCUT2D eigenvalue weighted by molar-refractivity contribution is 5.81. The van der Waals surface area contributed by atoms with Crippen LogP contribution in [0, 0.1) is 0 Å². The first-order valence-electron chi connectivity index (χ1n) is 6.98. The minimum Gasteiger partial charge on any atom is -0.467 e. The van der Waals surface area contributed by atoms with E-state index in [2.05, 4.69) is 10.2 Å². The Morgan fingerprint density at radius 3 is 3.00 bits per heavy atom. The zero-order valence-electron chi connectivity index (χ0n) is 11.5. The number of nitrogens with zero attached hydrogens (tertiary/aromatic N) is 1. The van der Waals surface area contributed by atoms with Gasteiger partial charge in [-0.2, -0.15) is 0 Å². The van der Waals surface area contributed by atoms with Crippen LogP contribution in [0.2, 0.25) is 0 Å². The van der Waals surface area contributed by atoms with E-state index in [1.807, 2.05) is 19.1 Å². The summed E-state index contributed by atoms with van der Waals surface area (Å²) in [5.41, 5.74) is 5.56. The second kappa shape index (κ2) is 6.73. The molecule has 0 bridgehead atoms. The van der Waals surface area contributed by atoms with Gasteiger partial charge in [0.15, 0.2) is 0 Å². The first kappa shape index (κ1) is 14.1. The molecule has 19 heavy (non-hydrogen) atoms. The summed E-state index contributed by atoms with van der Waals surface area (Å²) in [5.74, 6) is 0.834. The van der Waals surface area contributed by atoms with Gasteiger partial charge in [-0.15, -0.1) is 0 Å². The zero-order chi connectivity index (χ0) is 13.7. The van der Waals surface area contributed by atoms with Gasteiger partial charge in [-0.3, -0.25) is 9.69 Å². The number of hydrogen-bond donors (Lipinski definition) is 2. The van der Waals surface area contributed by atoms with Crippen LogP contribution in [0.25, 0.3) is 0 Å². The lowest BCUT2D eigenvalue weighted by Crippen LogP contribution is -2.46. The van der Waals surface area contributed by atoms with Crippen molar-refractivity contribution in [3.63, 3.8) is 0 Å². The third-order valence-corrected chi connectivity index (χ3v) is 3.53. The monoisotopic (exact) mass is 265 g/mol. The Balaban J connectivity index is 1.81. The Morgan fingerprint density at radius 2 is 2.42 bits per heavy atom. The van der Waals surface area contributed by atoms with Crippen LogP contribution in [-0.4, -0.2) is 36.0 Å². The highest BCUT2D eigenvalue weighted by Gasteiger charge is 2.34. The maximum atomic E-state index is 12.1. The Labute approximate surface area is 114 Å². The molecule has 1 aliphatic rings. The lowest BCUT2D eigenvalue weighted by atomic mass is 10.2. The summed E-state index contributed by atoms with van der Waals surface area (Å²) in [7, 11) is 0. The van der Waals surface area contributed by atoms with Crippen molar-refractivity contribution in [2.24, 2.45) is 5.73 Å². The third-order valence-electron chi connectivity index (χ3n) is 3.53. The SMILES string of the molecule is CC(C(=O)NCc1ccco1)N(CCCN)C1CC1.